The molecule has 0 N–H and O–H groups in total. The van der Waals surface area contributed by atoms with Crippen molar-refractivity contribution in [2.45, 2.75) is 25.9 Å². The second-order valence-electron chi connectivity index (χ2n) is 6.23. The Balaban J connectivity index is 1.33. The predicted molar refractivity (Wildman–Crippen MR) is 95.5 cm³/mol. The first kappa shape index (κ1) is 16.3. The van der Waals surface area contributed by atoms with E-state index >= 15 is 0 Å². The highest BCUT2D eigenvalue weighted by Gasteiger charge is 2.21. The molecule has 1 amide bonds. The zero-order valence-electron chi connectivity index (χ0n) is 14.2. The SMILES string of the molecule is O=C(Cc1ccc(N2CCCC2=O)cc1)OCc1nc2ccccc2o1. The van der Waals surface area contributed by atoms with Crippen molar-refractivity contribution in [3.63, 3.8) is 0 Å². The maximum absolute atomic E-state index is 12.0. The van der Waals surface area contributed by atoms with Crippen LogP contribution in [0.1, 0.15) is 24.3 Å². The molecule has 1 saturated heterocycles. The lowest BCUT2D eigenvalue weighted by Crippen LogP contribution is -2.23. The number of para-hydroxylation sites is 2. The van der Waals surface area contributed by atoms with Crippen LogP contribution in [-0.2, 0) is 27.4 Å². The molecule has 0 aliphatic carbocycles. The molecular formula is C20H18N2O4. The van der Waals surface area contributed by atoms with Gasteiger partial charge in [0.15, 0.2) is 12.2 Å². The Bertz CT molecular complexity index is 913. The number of anilines is 1. The van der Waals surface area contributed by atoms with E-state index in [4.69, 9.17) is 9.15 Å². The van der Waals surface area contributed by atoms with Gasteiger partial charge < -0.3 is 14.1 Å². The van der Waals surface area contributed by atoms with Crippen LogP contribution in [0.25, 0.3) is 11.1 Å². The molecule has 1 aromatic heterocycles. The van der Waals surface area contributed by atoms with E-state index in [9.17, 15) is 9.59 Å². The molecule has 6 heteroatoms. The number of oxazole rings is 1. The van der Waals surface area contributed by atoms with E-state index < -0.39 is 0 Å². The third-order valence-electron chi connectivity index (χ3n) is 4.36. The molecule has 0 spiro atoms. The minimum Gasteiger partial charge on any atom is -0.455 e. The second kappa shape index (κ2) is 7.00. The fourth-order valence-corrected chi connectivity index (χ4v) is 3.06. The number of aromatic nitrogens is 1. The molecule has 1 aliphatic rings. The van der Waals surface area contributed by atoms with E-state index in [1.165, 1.54) is 0 Å². The maximum atomic E-state index is 12.0. The van der Waals surface area contributed by atoms with Gasteiger partial charge in [0, 0.05) is 18.7 Å². The number of nitrogens with zero attached hydrogens (tertiary/aromatic N) is 2. The van der Waals surface area contributed by atoms with Crippen LogP contribution in [0, 0.1) is 0 Å². The quantitative estimate of drug-likeness (QED) is 0.661. The molecule has 6 nitrogen and oxygen atoms in total. The van der Waals surface area contributed by atoms with Crippen molar-refractivity contribution in [3.8, 4) is 0 Å². The van der Waals surface area contributed by atoms with Gasteiger partial charge in [-0.2, -0.15) is 0 Å². The third-order valence-corrected chi connectivity index (χ3v) is 4.36. The van der Waals surface area contributed by atoms with Crippen molar-refractivity contribution in [2.24, 2.45) is 0 Å². The highest BCUT2D eigenvalue weighted by atomic mass is 16.5. The number of ether oxygens (including phenoxy) is 1. The Morgan fingerprint density at radius 3 is 2.69 bits per heavy atom. The Morgan fingerprint density at radius 2 is 1.96 bits per heavy atom. The zero-order valence-corrected chi connectivity index (χ0v) is 14.2. The summed E-state index contributed by atoms with van der Waals surface area (Å²) in [5, 5.41) is 0. The van der Waals surface area contributed by atoms with Gasteiger partial charge in [0.25, 0.3) is 0 Å². The number of esters is 1. The average molecular weight is 350 g/mol. The van der Waals surface area contributed by atoms with Gasteiger partial charge in [-0.25, -0.2) is 4.98 Å². The monoisotopic (exact) mass is 350 g/mol. The van der Waals surface area contributed by atoms with Crippen LogP contribution >= 0.6 is 0 Å². The average Bonchev–Trinajstić information content (AvgIpc) is 3.26. The van der Waals surface area contributed by atoms with E-state index in [1.54, 1.807) is 4.90 Å². The normalized spacial score (nSPS) is 14.2. The van der Waals surface area contributed by atoms with Crippen molar-refractivity contribution in [3.05, 3.63) is 60.0 Å². The topological polar surface area (TPSA) is 72.6 Å². The molecule has 3 aromatic rings. The van der Waals surface area contributed by atoms with Crippen LogP contribution in [0.3, 0.4) is 0 Å². The lowest BCUT2D eigenvalue weighted by Gasteiger charge is -2.15. The number of rotatable bonds is 5. The van der Waals surface area contributed by atoms with Crippen molar-refractivity contribution in [1.29, 1.82) is 0 Å². The van der Waals surface area contributed by atoms with E-state index in [0.29, 0.717) is 17.9 Å². The van der Waals surface area contributed by atoms with Gasteiger partial charge in [-0.1, -0.05) is 24.3 Å². The molecular weight excluding hydrogens is 332 g/mol. The van der Waals surface area contributed by atoms with Gasteiger partial charge in [-0.05, 0) is 36.2 Å². The molecule has 0 saturated carbocycles. The summed E-state index contributed by atoms with van der Waals surface area (Å²) in [5.74, 6) is 0.176. The number of hydrogen-bond acceptors (Lipinski definition) is 5. The van der Waals surface area contributed by atoms with Crippen LogP contribution in [-0.4, -0.2) is 23.4 Å². The standard InChI is InChI=1S/C20H18N2O4/c23-19-6-3-11-22(19)15-9-7-14(8-10-15)12-20(24)25-13-18-21-16-4-1-2-5-17(16)26-18/h1-2,4-5,7-10H,3,6,11-13H2. The van der Waals surface area contributed by atoms with Crippen LogP contribution in [0.5, 0.6) is 0 Å². The number of fused-ring (bicyclic) bond motifs is 1. The first-order chi connectivity index (χ1) is 12.7. The Kier molecular flexibility index (Phi) is 4.39. The lowest BCUT2D eigenvalue weighted by molar-refractivity contribution is -0.144. The second-order valence-corrected chi connectivity index (χ2v) is 6.23. The van der Waals surface area contributed by atoms with E-state index in [-0.39, 0.29) is 24.9 Å². The van der Waals surface area contributed by atoms with Gasteiger partial charge in [0.05, 0.1) is 6.42 Å². The summed E-state index contributed by atoms with van der Waals surface area (Å²) in [7, 11) is 0. The molecule has 0 radical (unpaired) electrons. The Labute approximate surface area is 150 Å². The molecule has 2 heterocycles. The van der Waals surface area contributed by atoms with Gasteiger partial charge in [0.1, 0.15) is 5.52 Å². The zero-order chi connectivity index (χ0) is 17.9. The molecule has 0 bridgehead atoms. The minimum atomic E-state index is -0.350. The molecule has 132 valence electrons. The summed E-state index contributed by atoms with van der Waals surface area (Å²) in [4.78, 5) is 29.8. The highest BCUT2D eigenvalue weighted by molar-refractivity contribution is 5.95. The smallest absolute Gasteiger partial charge is 0.310 e. The first-order valence-electron chi connectivity index (χ1n) is 8.58. The van der Waals surface area contributed by atoms with Crippen LogP contribution in [0.2, 0.25) is 0 Å². The molecule has 0 atom stereocenters. The highest BCUT2D eigenvalue weighted by Crippen LogP contribution is 2.22. The fourth-order valence-electron chi connectivity index (χ4n) is 3.06. The van der Waals surface area contributed by atoms with E-state index in [1.807, 2.05) is 48.5 Å². The Morgan fingerprint density at radius 1 is 1.15 bits per heavy atom. The van der Waals surface area contributed by atoms with Gasteiger partial charge in [-0.3, -0.25) is 9.59 Å². The molecule has 0 unspecified atom stereocenters. The number of benzene rings is 2. The maximum Gasteiger partial charge on any atom is 0.310 e. The summed E-state index contributed by atoms with van der Waals surface area (Å²) < 4.78 is 10.8. The van der Waals surface area contributed by atoms with Crippen molar-refractivity contribution in [1.82, 2.24) is 4.98 Å². The number of amides is 1. The van der Waals surface area contributed by atoms with Crippen molar-refractivity contribution < 1.29 is 18.7 Å². The van der Waals surface area contributed by atoms with Crippen molar-refractivity contribution in [2.75, 3.05) is 11.4 Å². The lowest BCUT2D eigenvalue weighted by atomic mass is 10.1. The number of carbonyl (C=O) groups excluding carboxylic acids is 2. The predicted octanol–water partition coefficient (Wildman–Crippen LogP) is 3.24. The van der Waals surface area contributed by atoms with Crippen LogP contribution in [0.15, 0.2) is 52.9 Å². The van der Waals surface area contributed by atoms with Gasteiger partial charge >= 0.3 is 5.97 Å². The molecule has 26 heavy (non-hydrogen) atoms. The van der Waals surface area contributed by atoms with E-state index in [2.05, 4.69) is 4.98 Å². The first-order valence-corrected chi connectivity index (χ1v) is 8.58. The molecule has 1 aliphatic heterocycles. The molecule has 1 fully saturated rings. The summed E-state index contributed by atoms with van der Waals surface area (Å²) in [6, 6.07) is 14.8. The van der Waals surface area contributed by atoms with Gasteiger partial charge in [-0.15, -0.1) is 0 Å². The Hall–Kier alpha value is -3.15. The minimum absolute atomic E-state index is 0.00781. The fraction of sp³-hybridized carbons (Fsp3) is 0.250. The summed E-state index contributed by atoms with van der Waals surface area (Å²) >= 11 is 0. The number of carbonyl (C=O) groups is 2. The molecule has 2 aromatic carbocycles. The summed E-state index contributed by atoms with van der Waals surface area (Å²) in [6.07, 6.45) is 1.65. The third kappa shape index (κ3) is 3.44. The van der Waals surface area contributed by atoms with Crippen LogP contribution < -0.4 is 4.90 Å². The number of hydrogen-bond donors (Lipinski definition) is 0. The van der Waals surface area contributed by atoms with Crippen molar-refractivity contribution >= 4 is 28.7 Å². The summed E-state index contributed by atoms with van der Waals surface area (Å²) in [6.45, 7) is 0.762. The van der Waals surface area contributed by atoms with Crippen LogP contribution in [0.4, 0.5) is 5.69 Å². The van der Waals surface area contributed by atoms with Gasteiger partial charge in [0.2, 0.25) is 11.8 Å². The summed E-state index contributed by atoms with van der Waals surface area (Å²) in [5.41, 5.74) is 3.12. The largest absolute Gasteiger partial charge is 0.455 e. The molecule has 4 rings (SSSR count). The van der Waals surface area contributed by atoms with E-state index in [0.717, 1.165) is 29.7 Å².